The van der Waals surface area contributed by atoms with Crippen molar-refractivity contribution in [2.24, 2.45) is 0 Å². The summed E-state index contributed by atoms with van der Waals surface area (Å²) in [6.07, 6.45) is 0.801. The number of hydrogen-bond acceptors (Lipinski definition) is 2. The first kappa shape index (κ1) is 12.7. The minimum atomic E-state index is -0.102. The number of hydrogen-bond donors (Lipinski definition) is 1. The zero-order chi connectivity index (χ0) is 12.4. The van der Waals surface area contributed by atoms with Gasteiger partial charge in [-0.05, 0) is 31.2 Å². The number of nitrogens with one attached hydrogen (secondary N) is 1. The molecule has 2 rings (SSSR count). The summed E-state index contributed by atoms with van der Waals surface area (Å²) in [5, 5.41) is 4.30. The Morgan fingerprint density at radius 3 is 2.94 bits per heavy atom. The highest BCUT2D eigenvalue weighted by Crippen LogP contribution is 2.31. The maximum absolute atomic E-state index is 12.1. The molecule has 1 saturated heterocycles. The Kier molecular flexibility index (Phi) is 3.92. The number of likely N-dealkylation sites (N-methyl/N-ethyl adjacent to an activating group) is 1. The van der Waals surface area contributed by atoms with Crippen molar-refractivity contribution in [3.8, 4) is 0 Å². The number of benzene rings is 1. The van der Waals surface area contributed by atoms with E-state index in [1.165, 1.54) is 0 Å². The zero-order valence-corrected chi connectivity index (χ0v) is 11.1. The van der Waals surface area contributed by atoms with Crippen LogP contribution in [0, 0.1) is 0 Å². The van der Waals surface area contributed by atoms with Gasteiger partial charge in [-0.2, -0.15) is 0 Å². The molecule has 1 aromatic rings. The van der Waals surface area contributed by atoms with E-state index in [0.717, 1.165) is 13.0 Å². The van der Waals surface area contributed by atoms with Crippen molar-refractivity contribution in [3.05, 3.63) is 28.2 Å². The molecular formula is C12H14Cl2N2O. The van der Waals surface area contributed by atoms with E-state index in [2.05, 4.69) is 5.32 Å². The maximum atomic E-state index is 12.1. The summed E-state index contributed by atoms with van der Waals surface area (Å²) in [4.78, 5) is 13.8. The van der Waals surface area contributed by atoms with Gasteiger partial charge in [-0.15, -0.1) is 0 Å². The van der Waals surface area contributed by atoms with Crippen molar-refractivity contribution in [2.75, 3.05) is 18.0 Å². The fourth-order valence-electron chi connectivity index (χ4n) is 2.05. The highest BCUT2D eigenvalue weighted by Gasteiger charge is 2.32. The minimum Gasteiger partial charge on any atom is -0.309 e. The van der Waals surface area contributed by atoms with Crippen molar-refractivity contribution >= 4 is 34.8 Å². The van der Waals surface area contributed by atoms with Crippen molar-refractivity contribution < 1.29 is 4.79 Å². The summed E-state index contributed by atoms with van der Waals surface area (Å²) in [5.74, 6) is 0.0658. The summed E-state index contributed by atoms with van der Waals surface area (Å²) >= 11 is 12.0. The van der Waals surface area contributed by atoms with E-state index >= 15 is 0 Å². The lowest BCUT2D eigenvalue weighted by Gasteiger charge is -2.18. The Balaban J connectivity index is 2.24. The number of carbonyl (C=O) groups excluding carboxylic acids is 1. The largest absolute Gasteiger partial charge is 0.309 e. The molecule has 0 aliphatic carbocycles. The average molecular weight is 273 g/mol. The second-order valence-corrected chi connectivity index (χ2v) is 4.83. The molecule has 1 aliphatic heterocycles. The zero-order valence-electron chi connectivity index (χ0n) is 9.54. The Hall–Kier alpha value is -0.770. The number of rotatable bonds is 3. The first-order valence-electron chi connectivity index (χ1n) is 5.63. The van der Waals surface area contributed by atoms with Crippen LogP contribution in [-0.4, -0.2) is 25.0 Å². The lowest BCUT2D eigenvalue weighted by atomic mass is 10.2. The van der Waals surface area contributed by atoms with Crippen LogP contribution in [0.3, 0.4) is 0 Å². The van der Waals surface area contributed by atoms with E-state index in [1.807, 2.05) is 6.92 Å². The molecule has 0 radical (unpaired) electrons. The van der Waals surface area contributed by atoms with Gasteiger partial charge in [0.25, 0.3) is 0 Å². The topological polar surface area (TPSA) is 32.3 Å². The van der Waals surface area contributed by atoms with E-state index in [9.17, 15) is 4.79 Å². The fraction of sp³-hybridized carbons (Fsp3) is 0.417. The molecule has 1 heterocycles. The van der Waals surface area contributed by atoms with Crippen molar-refractivity contribution in [1.82, 2.24) is 5.32 Å². The first-order chi connectivity index (χ1) is 8.13. The van der Waals surface area contributed by atoms with Gasteiger partial charge in [-0.25, -0.2) is 0 Å². The van der Waals surface area contributed by atoms with Crippen LogP contribution in [0.5, 0.6) is 0 Å². The molecule has 3 nitrogen and oxygen atoms in total. The van der Waals surface area contributed by atoms with Gasteiger partial charge in [-0.3, -0.25) is 4.79 Å². The van der Waals surface area contributed by atoms with Gasteiger partial charge >= 0.3 is 0 Å². The molecule has 1 aliphatic rings. The van der Waals surface area contributed by atoms with Gasteiger partial charge < -0.3 is 10.2 Å². The number of nitrogens with zero attached hydrogens (tertiary/aromatic N) is 1. The smallest absolute Gasteiger partial charge is 0.244 e. The molecule has 0 saturated carbocycles. The van der Waals surface area contributed by atoms with Crippen molar-refractivity contribution in [2.45, 2.75) is 19.4 Å². The van der Waals surface area contributed by atoms with E-state index in [0.29, 0.717) is 22.3 Å². The van der Waals surface area contributed by atoms with Crippen LogP contribution in [0.4, 0.5) is 5.69 Å². The number of amides is 1. The molecular weight excluding hydrogens is 259 g/mol. The Bertz CT molecular complexity index is 437. The van der Waals surface area contributed by atoms with Crippen LogP contribution >= 0.6 is 23.2 Å². The minimum absolute atomic E-state index is 0.0658. The van der Waals surface area contributed by atoms with Crippen molar-refractivity contribution in [3.63, 3.8) is 0 Å². The molecule has 17 heavy (non-hydrogen) atoms. The van der Waals surface area contributed by atoms with Gasteiger partial charge in [0.2, 0.25) is 5.91 Å². The summed E-state index contributed by atoms with van der Waals surface area (Å²) in [5.41, 5.74) is 0.699. The van der Waals surface area contributed by atoms with Crippen LogP contribution in [-0.2, 0) is 4.79 Å². The molecule has 0 spiro atoms. The van der Waals surface area contributed by atoms with Gasteiger partial charge in [0.05, 0.1) is 16.8 Å². The molecule has 0 aromatic heterocycles. The first-order valence-corrected chi connectivity index (χ1v) is 6.39. The highest BCUT2D eigenvalue weighted by atomic mass is 35.5. The van der Waals surface area contributed by atoms with Crippen molar-refractivity contribution in [1.29, 1.82) is 0 Å². The van der Waals surface area contributed by atoms with E-state index in [4.69, 9.17) is 23.2 Å². The Labute approximate surface area is 111 Å². The Morgan fingerprint density at radius 1 is 1.47 bits per heavy atom. The molecule has 1 fully saturated rings. The molecule has 92 valence electrons. The molecule has 1 atom stereocenters. The van der Waals surface area contributed by atoms with Crippen LogP contribution in [0.2, 0.25) is 10.0 Å². The fourth-order valence-corrected chi connectivity index (χ4v) is 2.43. The van der Waals surface area contributed by atoms with Crippen LogP contribution in [0.15, 0.2) is 18.2 Å². The third kappa shape index (κ3) is 2.57. The lowest BCUT2D eigenvalue weighted by molar-refractivity contribution is -0.118. The average Bonchev–Trinajstić information content (AvgIpc) is 2.65. The predicted molar refractivity (Wildman–Crippen MR) is 70.9 cm³/mol. The summed E-state index contributed by atoms with van der Waals surface area (Å²) < 4.78 is 0. The van der Waals surface area contributed by atoms with E-state index < -0.39 is 0 Å². The summed E-state index contributed by atoms with van der Waals surface area (Å²) in [6, 6.07) is 5.06. The van der Waals surface area contributed by atoms with Crippen LogP contribution < -0.4 is 10.2 Å². The van der Waals surface area contributed by atoms with Gasteiger partial charge in [0, 0.05) is 11.6 Å². The quantitative estimate of drug-likeness (QED) is 0.918. The SMILES string of the molecule is CCNC1CCN(c2cc(Cl)ccc2Cl)C1=O. The standard InChI is InChI=1S/C12H14Cl2N2O/c1-2-15-10-5-6-16(12(10)17)11-7-8(13)3-4-9(11)14/h3-4,7,10,15H,2,5-6H2,1H3. The van der Waals surface area contributed by atoms with Gasteiger partial charge in [-0.1, -0.05) is 30.1 Å². The number of halogens is 2. The molecule has 1 amide bonds. The second-order valence-electron chi connectivity index (χ2n) is 3.98. The summed E-state index contributed by atoms with van der Waals surface area (Å²) in [7, 11) is 0. The van der Waals surface area contributed by atoms with E-state index in [1.54, 1.807) is 23.1 Å². The monoisotopic (exact) mass is 272 g/mol. The van der Waals surface area contributed by atoms with Crippen LogP contribution in [0.25, 0.3) is 0 Å². The van der Waals surface area contributed by atoms with Gasteiger partial charge in [0.1, 0.15) is 0 Å². The maximum Gasteiger partial charge on any atom is 0.244 e. The third-order valence-electron chi connectivity index (χ3n) is 2.86. The van der Waals surface area contributed by atoms with E-state index in [-0.39, 0.29) is 11.9 Å². The third-order valence-corrected chi connectivity index (χ3v) is 3.41. The molecule has 1 unspecified atom stereocenters. The Morgan fingerprint density at radius 2 is 2.24 bits per heavy atom. The number of anilines is 1. The molecule has 1 N–H and O–H groups in total. The summed E-state index contributed by atoms with van der Waals surface area (Å²) in [6.45, 7) is 3.45. The van der Waals surface area contributed by atoms with Crippen LogP contribution in [0.1, 0.15) is 13.3 Å². The normalized spacial score (nSPS) is 20.1. The molecule has 5 heteroatoms. The van der Waals surface area contributed by atoms with Gasteiger partial charge in [0.15, 0.2) is 0 Å². The molecule has 0 bridgehead atoms. The lowest BCUT2D eigenvalue weighted by Crippen LogP contribution is -2.38. The predicted octanol–water partition coefficient (Wildman–Crippen LogP) is 2.71. The highest BCUT2D eigenvalue weighted by molar-refractivity contribution is 6.35. The second kappa shape index (κ2) is 5.25. The molecule has 1 aromatic carbocycles. The number of carbonyl (C=O) groups is 1.